The van der Waals surface area contributed by atoms with Gasteiger partial charge in [0.05, 0.1) is 11.3 Å². The van der Waals surface area contributed by atoms with E-state index in [0.717, 1.165) is 22.2 Å². The first-order valence-corrected chi connectivity index (χ1v) is 13.0. The second-order valence-electron chi connectivity index (χ2n) is 8.58. The van der Waals surface area contributed by atoms with Gasteiger partial charge in [-0.3, -0.25) is 14.2 Å². The van der Waals surface area contributed by atoms with Crippen LogP contribution in [0.15, 0.2) is 58.6 Å². The maximum Gasteiger partial charge on any atom is 0.272 e. The lowest BCUT2D eigenvalue weighted by atomic mass is 10.0. The maximum absolute atomic E-state index is 13.6. The van der Waals surface area contributed by atoms with E-state index in [2.05, 4.69) is 43.2 Å². The molecule has 0 saturated heterocycles. The molecule has 1 N–H and O–H groups in total. The number of rotatable bonds is 9. The third-order valence-corrected chi connectivity index (χ3v) is 7.59. The van der Waals surface area contributed by atoms with Crippen LogP contribution in [0.3, 0.4) is 0 Å². The molecule has 1 amide bonds. The van der Waals surface area contributed by atoms with E-state index in [1.807, 2.05) is 30.3 Å². The van der Waals surface area contributed by atoms with Crippen molar-refractivity contribution in [1.29, 1.82) is 0 Å². The summed E-state index contributed by atoms with van der Waals surface area (Å²) in [5.41, 5.74) is 1.75. The van der Waals surface area contributed by atoms with Gasteiger partial charge >= 0.3 is 0 Å². The van der Waals surface area contributed by atoms with Crippen molar-refractivity contribution in [3.05, 3.63) is 64.6 Å². The van der Waals surface area contributed by atoms with Gasteiger partial charge in [0, 0.05) is 24.7 Å². The van der Waals surface area contributed by atoms with Crippen LogP contribution in [0.25, 0.3) is 20.4 Å². The molecule has 0 spiro atoms. The Morgan fingerprint density at radius 2 is 1.94 bits per heavy atom. The molecule has 8 heteroatoms. The minimum Gasteiger partial charge on any atom is -0.355 e. The van der Waals surface area contributed by atoms with E-state index >= 15 is 0 Å². The number of thioether (sulfide) groups is 1. The molecule has 0 radical (unpaired) electrons. The second kappa shape index (κ2) is 10.5. The average Bonchev–Trinajstić information content (AvgIpc) is 3.19. The molecule has 4 aromatic rings. The molecule has 1 unspecified atom stereocenters. The summed E-state index contributed by atoms with van der Waals surface area (Å²) in [6.45, 7) is 7.51. The van der Waals surface area contributed by atoms with Gasteiger partial charge in [0.2, 0.25) is 5.91 Å². The highest BCUT2D eigenvalue weighted by Gasteiger charge is 2.19. The minimum absolute atomic E-state index is 0.0468. The molecule has 0 aliphatic heterocycles. The smallest absolute Gasteiger partial charge is 0.272 e. The first-order chi connectivity index (χ1) is 15.9. The standard InChI is InChI=1S/C25H28N4O2S2/c1-16(2)11-13-26-20(30)15-32-25-28-21-19-10-7-12-27-23(19)33-22(21)24(31)29(25)14-17(3)18-8-5-4-6-9-18/h4-10,12,16-17H,11,13-15H2,1-3H3,(H,26,30). The lowest BCUT2D eigenvalue weighted by Crippen LogP contribution is -2.28. The Kier molecular flexibility index (Phi) is 7.45. The first-order valence-electron chi connectivity index (χ1n) is 11.2. The second-order valence-corrected chi connectivity index (χ2v) is 10.5. The summed E-state index contributed by atoms with van der Waals surface area (Å²) in [6, 6.07) is 13.9. The van der Waals surface area contributed by atoms with Crippen molar-refractivity contribution < 1.29 is 4.79 Å². The molecule has 3 aromatic heterocycles. The Bertz CT molecular complexity index is 1310. The third kappa shape index (κ3) is 5.45. The van der Waals surface area contributed by atoms with Crippen molar-refractivity contribution in [3.8, 4) is 0 Å². The summed E-state index contributed by atoms with van der Waals surface area (Å²) < 4.78 is 2.33. The van der Waals surface area contributed by atoms with Gasteiger partial charge in [0.15, 0.2) is 5.16 Å². The van der Waals surface area contributed by atoms with Gasteiger partial charge < -0.3 is 5.32 Å². The van der Waals surface area contributed by atoms with Crippen LogP contribution in [-0.2, 0) is 11.3 Å². The van der Waals surface area contributed by atoms with Crippen molar-refractivity contribution in [2.75, 3.05) is 12.3 Å². The van der Waals surface area contributed by atoms with E-state index < -0.39 is 0 Å². The summed E-state index contributed by atoms with van der Waals surface area (Å²) in [5.74, 6) is 0.826. The number of hydrogen-bond acceptors (Lipinski definition) is 6. The number of nitrogens with zero attached hydrogens (tertiary/aromatic N) is 3. The van der Waals surface area contributed by atoms with Gasteiger partial charge in [-0.2, -0.15) is 0 Å². The van der Waals surface area contributed by atoms with Gasteiger partial charge in [-0.25, -0.2) is 9.97 Å². The van der Waals surface area contributed by atoms with Crippen LogP contribution in [0.5, 0.6) is 0 Å². The molecule has 33 heavy (non-hydrogen) atoms. The zero-order chi connectivity index (χ0) is 23.4. The zero-order valence-corrected chi connectivity index (χ0v) is 20.7. The molecular weight excluding hydrogens is 452 g/mol. The molecule has 0 fully saturated rings. The lowest BCUT2D eigenvalue weighted by molar-refractivity contribution is -0.118. The van der Waals surface area contributed by atoms with E-state index in [0.29, 0.717) is 34.4 Å². The van der Waals surface area contributed by atoms with Gasteiger partial charge in [-0.05, 0) is 36.0 Å². The fraction of sp³-hybridized carbons (Fsp3) is 0.360. The number of carbonyl (C=O) groups excluding carboxylic acids is 1. The summed E-state index contributed by atoms with van der Waals surface area (Å²) in [5, 5.41) is 4.41. The Morgan fingerprint density at radius 1 is 1.15 bits per heavy atom. The maximum atomic E-state index is 13.6. The fourth-order valence-corrected chi connectivity index (χ4v) is 5.52. The summed E-state index contributed by atoms with van der Waals surface area (Å²) >= 11 is 2.69. The van der Waals surface area contributed by atoms with Crippen LogP contribution in [-0.4, -0.2) is 32.7 Å². The quantitative estimate of drug-likeness (QED) is 0.268. The van der Waals surface area contributed by atoms with Crippen LogP contribution >= 0.6 is 23.1 Å². The Morgan fingerprint density at radius 3 is 2.70 bits per heavy atom. The van der Waals surface area contributed by atoms with Gasteiger partial charge in [0.1, 0.15) is 9.53 Å². The number of aromatic nitrogens is 3. The summed E-state index contributed by atoms with van der Waals surface area (Å²) in [4.78, 5) is 36.1. The number of pyridine rings is 1. The van der Waals surface area contributed by atoms with Gasteiger partial charge in [0.25, 0.3) is 5.56 Å². The highest BCUT2D eigenvalue weighted by atomic mass is 32.2. The molecule has 1 aromatic carbocycles. The van der Waals surface area contributed by atoms with Gasteiger partial charge in [-0.15, -0.1) is 11.3 Å². The Hall–Kier alpha value is -2.71. The van der Waals surface area contributed by atoms with Crippen LogP contribution < -0.4 is 10.9 Å². The number of thiophene rings is 1. The fourth-order valence-electron chi connectivity index (χ4n) is 3.65. The molecule has 0 saturated carbocycles. The van der Waals surface area contributed by atoms with Crippen molar-refractivity contribution in [1.82, 2.24) is 19.9 Å². The van der Waals surface area contributed by atoms with E-state index in [1.165, 1.54) is 23.1 Å². The van der Waals surface area contributed by atoms with Crippen molar-refractivity contribution >= 4 is 49.4 Å². The Balaban J connectivity index is 1.67. The summed E-state index contributed by atoms with van der Waals surface area (Å²) in [7, 11) is 0. The predicted molar refractivity (Wildman–Crippen MR) is 137 cm³/mol. The highest BCUT2D eigenvalue weighted by molar-refractivity contribution is 7.99. The Labute approximate surface area is 201 Å². The van der Waals surface area contributed by atoms with E-state index in [-0.39, 0.29) is 23.1 Å². The SMILES string of the molecule is CC(C)CCNC(=O)CSc1nc2c(sc3ncccc32)c(=O)n1CC(C)c1ccccc1. The molecule has 4 rings (SSSR count). The molecule has 0 aliphatic carbocycles. The number of fused-ring (bicyclic) bond motifs is 3. The zero-order valence-electron chi connectivity index (χ0n) is 19.1. The van der Waals surface area contributed by atoms with E-state index in [4.69, 9.17) is 4.98 Å². The predicted octanol–water partition coefficient (Wildman–Crippen LogP) is 5.06. The molecule has 172 valence electrons. The largest absolute Gasteiger partial charge is 0.355 e. The van der Waals surface area contributed by atoms with Crippen molar-refractivity contribution in [3.63, 3.8) is 0 Å². The number of amides is 1. The number of hydrogen-bond donors (Lipinski definition) is 1. The molecule has 3 heterocycles. The molecule has 1 atom stereocenters. The van der Waals surface area contributed by atoms with E-state index in [9.17, 15) is 9.59 Å². The number of nitrogens with one attached hydrogen (secondary N) is 1. The first kappa shape index (κ1) is 23.4. The normalized spacial score (nSPS) is 12.5. The molecule has 6 nitrogen and oxygen atoms in total. The average molecular weight is 481 g/mol. The van der Waals surface area contributed by atoms with Crippen LogP contribution in [0, 0.1) is 5.92 Å². The highest BCUT2D eigenvalue weighted by Crippen LogP contribution is 2.31. The van der Waals surface area contributed by atoms with Gasteiger partial charge in [-0.1, -0.05) is 62.9 Å². The van der Waals surface area contributed by atoms with Crippen molar-refractivity contribution in [2.45, 2.75) is 44.8 Å². The lowest BCUT2D eigenvalue weighted by Gasteiger charge is -2.17. The number of benzene rings is 1. The molecule has 0 aliphatic rings. The van der Waals surface area contributed by atoms with Crippen LogP contribution in [0.4, 0.5) is 0 Å². The number of carbonyl (C=O) groups is 1. The monoisotopic (exact) mass is 480 g/mol. The van der Waals surface area contributed by atoms with Crippen molar-refractivity contribution in [2.24, 2.45) is 5.92 Å². The van der Waals surface area contributed by atoms with Crippen LogP contribution in [0.1, 0.15) is 38.7 Å². The van der Waals surface area contributed by atoms with Crippen LogP contribution in [0.2, 0.25) is 0 Å². The molecule has 0 bridgehead atoms. The van der Waals surface area contributed by atoms with E-state index in [1.54, 1.807) is 10.8 Å². The third-order valence-electron chi connectivity index (χ3n) is 5.52. The summed E-state index contributed by atoms with van der Waals surface area (Å²) in [6.07, 6.45) is 2.67. The minimum atomic E-state index is -0.0755. The topological polar surface area (TPSA) is 76.9 Å². The molecular formula is C25H28N4O2S2.